The summed E-state index contributed by atoms with van der Waals surface area (Å²) in [5, 5.41) is 3.42. The number of para-hydroxylation sites is 1. The number of halogens is 1. The first kappa shape index (κ1) is 19.4. The standard InChI is InChI=1S/C22H17ClN2O3S/c23-16-9-7-15(8-10-16)12-20-22(27)25(18-5-1-2-6-19(18)29-20)14-21(26)24-13-17-4-3-11-28-17/h1-12H,13-14H2,(H,24,26). The lowest BCUT2D eigenvalue weighted by Gasteiger charge is -2.29. The zero-order valence-corrected chi connectivity index (χ0v) is 16.9. The van der Waals surface area contributed by atoms with Crippen LogP contribution in [0, 0.1) is 0 Å². The molecule has 1 aliphatic rings. The van der Waals surface area contributed by atoms with Gasteiger partial charge in [0, 0.05) is 9.92 Å². The van der Waals surface area contributed by atoms with Gasteiger partial charge in [-0.3, -0.25) is 14.5 Å². The number of rotatable bonds is 5. The molecule has 0 spiro atoms. The maximum atomic E-state index is 13.1. The van der Waals surface area contributed by atoms with Gasteiger partial charge in [-0.15, -0.1) is 0 Å². The summed E-state index contributed by atoms with van der Waals surface area (Å²) < 4.78 is 5.23. The number of nitrogens with zero attached hydrogens (tertiary/aromatic N) is 1. The highest BCUT2D eigenvalue weighted by Crippen LogP contribution is 2.41. The number of hydrogen-bond donors (Lipinski definition) is 1. The molecule has 146 valence electrons. The Morgan fingerprint density at radius 3 is 2.66 bits per heavy atom. The molecule has 0 atom stereocenters. The molecule has 29 heavy (non-hydrogen) atoms. The summed E-state index contributed by atoms with van der Waals surface area (Å²) in [6.07, 6.45) is 3.37. The van der Waals surface area contributed by atoms with Gasteiger partial charge in [0.05, 0.1) is 23.4 Å². The van der Waals surface area contributed by atoms with Crippen molar-refractivity contribution < 1.29 is 14.0 Å². The second-order valence-corrected chi connectivity index (χ2v) is 7.90. The van der Waals surface area contributed by atoms with Crippen LogP contribution in [0.15, 0.2) is 81.1 Å². The number of hydrogen-bond acceptors (Lipinski definition) is 4. The minimum absolute atomic E-state index is 0.0743. The Bertz CT molecular complexity index is 1060. The van der Waals surface area contributed by atoms with Crippen LogP contribution in [0.1, 0.15) is 11.3 Å². The topological polar surface area (TPSA) is 62.6 Å². The summed E-state index contributed by atoms with van der Waals surface area (Å²) in [6.45, 7) is 0.201. The highest BCUT2D eigenvalue weighted by molar-refractivity contribution is 8.04. The molecule has 4 rings (SSSR count). The Morgan fingerprint density at radius 2 is 1.90 bits per heavy atom. The molecule has 2 aromatic carbocycles. The van der Waals surface area contributed by atoms with Crippen LogP contribution in [-0.2, 0) is 16.1 Å². The molecule has 1 aromatic heterocycles. The van der Waals surface area contributed by atoms with Gasteiger partial charge in [0.1, 0.15) is 12.3 Å². The van der Waals surface area contributed by atoms with Gasteiger partial charge < -0.3 is 9.73 Å². The Hall–Kier alpha value is -2.96. The number of anilines is 1. The SMILES string of the molecule is O=C(CN1C(=O)C(=Cc2ccc(Cl)cc2)Sc2ccccc21)NCc1ccco1. The summed E-state index contributed by atoms with van der Waals surface area (Å²) in [7, 11) is 0. The van der Waals surface area contributed by atoms with E-state index in [9.17, 15) is 9.59 Å². The number of thioether (sulfide) groups is 1. The van der Waals surface area contributed by atoms with E-state index in [1.165, 1.54) is 16.7 Å². The van der Waals surface area contributed by atoms with Crippen molar-refractivity contribution in [2.45, 2.75) is 11.4 Å². The fraction of sp³-hybridized carbons (Fsp3) is 0.0909. The quantitative estimate of drug-likeness (QED) is 0.601. The van der Waals surface area contributed by atoms with Gasteiger partial charge in [-0.1, -0.05) is 47.6 Å². The molecule has 0 fully saturated rings. The molecule has 0 aliphatic carbocycles. The highest BCUT2D eigenvalue weighted by atomic mass is 35.5. The van der Waals surface area contributed by atoms with E-state index in [4.69, 9.17) is 16.0 Å². The number of furan rings is 1. The van der Waals surface area contributed by atoms with Crippen molar-refractivity contribution in [1.82, 2.24) is 5.32 Å². The third kappa shape index (κ3) is 4.55. The zero-order valence-electron chi connectivity index (χ0n) is 15.3. The van der Waals surface area contributed by atoms with Crippen LogP contribution < -0.4 is 10.2 Å². The number of carbonyl (C=O) groups excluding carboxylic acids is 2. The minimum atomic E-state index is -0.262. The predicted octanol–water partition coefficient (Wildman–Crippen LogP) is 4.73. The monoisotopic (exact) mass is 424 g/mol. The van der Waals surface area contributed by atoms with Gasteiger partial charge in [0.2, 0.25) is 5.91 Å². The third-order valence-corrected chi connectivity index (χ3v) is 5.67. The fourth-order valence-corrected chi connectivity index (χ4v) is 4.11. The normalized spacial score (nSPS) is 14.7. The largest absolute Gasteiger partial charge is 0.467 e. The van der Waals surface area contributed by atoms with Crippen LogP contribution >= 0.6 is 23.4 Å². The molecule has 1 aliphatic heterocycles. The zero-order chi connectivity index (χ0) is 20.2. The van der Waals surface area contributed by atoms with Crippen molar-refractivity contribution in [3.8, 4) is 0 Å². The number of nitrogens with one attached hydrogen (secondary N) is 1. The molecule has 0 unspecified atom stereocenters. The first-order valence-corrected chi connectivity index (χ1v) is 10.1. The Balaban J connectivity index is 1.57. The molecular weight excluding hydrogens is 408 g/mol. The van der Waals surface area contributed by atoms with Gasteiger partial charge >= 0.3 is 0 Å². The molecular formula is C22H17ClN2O3S. The summed E-state index contributed by atoms with van der Waals surface area (Å²) in [5.41, 5.74) is 1.59. The van der Waals surface area contributed by atoms with Crippen LogP contribution in [0.25, 0.3) is 6.08 Å². The van der Waals surface area contributed by atoms with Crippen LogP contribution in [-0.4, -0.2) is 18.4 Å². The van der Waals surface area contributed by atoms with Gasteiger partial charge in [-0.05, 0) is 48.0 Å². The molecule has 1 N–H and O–H groups in total. The van der Waals surface area contributed by atoms with E-state index in [2.05, 4.69) is 5.32 Å². The van der Waals surface area contributed by atoms with Crippen molar-refractivity contribution in [3.63, 3.8) is 0 Å². The minimum Gasteiger partial charge on any atom is -0.467 e. The van der Waals surface area contributed by atoms with E-state index < -0.39 is 0 Å². The Kier molecular flexibility index (Phi) is 5.74. The number of amides is 2. The van der Waals surface area contributed by atoms with Crippen LogP contribution in [0.3, 0.4) is 0 Å². The molecule has 7 heteroatoms. The average molecular weight is 425 g/mol. The number of fused-ring (bicyclic) bond motifs is 1. The summed E-state index contributed by atoms with van der Waals surface area (Å²) >= 11 is 7.34. The predicted molar refractivity (Wildman–Crippen MR) is 115 cm³/mol. The van der Waals surface area contributed by atoms with Gasteiger partial charge in [-0.2, -0.15) is 0 Å². The molecule has 5 nitrogen and oxygen atoms in total. The number of benzene rings is 2. The molecule has 2 heterocycles. The van der Waals surface area contributed by atoms with Crippen molar-refractivity contribution >= 4 is 46.9 Å². The second-order valence-electron chi connectivity index (χ2n) is 6.38. The van der Waals surface area contributed by atoms with Crippen molar-refractivity contribution in [3.05, 3.63) is 88.2 Å². The smallest absolute Gasteiger partial charge is 0.265 e. The maximum absolute atomic E-state index is 13.1. The molecule has 0 saturated heterocycles. The van der Waals surface area contributed by atoms with Crippen LogP contribution in [0.4, 0.5) is 5.69 Å². The molecule has 3 aromatic rings. The lowest BCUT2D eigenvalue weighted by molar-refractivity contribution is -0.122. The van der Waals surface area contributed by atoms with Crippen LogP contribution in [0.2, 0.25) is 5.02 Å². The van der Waals surface area contributed by atoms with E-state index >= 15 is 0 Å². The van der Waals surface area contributed by atoms with Crippen molar-refractivity contribution in [2.24, 2.45) is 0 Å². The number of carbonyl (C=O) groups is 2. The molecule has 0 bridgehead atoms. The van der Waals surface area contributed by atoms with E-state index in [-0.39, 0.29) is 24.9 Å². The lowest BCUT2D eigenvalue weighted by atomic mass is 10.2. The van der Waals surface area contributed by atoms with Crippen LogP contribution in [0.5, 0.6) is 0 Å². The molecule has 2 amide bonds. The van der Waals surface area contributed by atoms with Crippen molar-refractivity contribution in [2.75, 3.05) is 11.4 Å². The Labute approximate surface area is 177 Å². The van der Waals surface area contributed by atoms with E-state index in [0.29, 0.717) is 15.7 Å². The summed E-state index contributed by atoms with van der Waals surface area (Å²) in [5.74, 6) is 0.182. The fourth-order valence-electron chi connectivity index (χ4n) is 2.93. The highest BCUT2D eigenvalue weighted by Gasteiger charge is 2.30. The summed E-state index contributed by atoms with van der Waals surface area (Å²) in [6, 6.07) is 18.4. The Morgan fingerprint density at radius 1 is 1.10 bits per heavy atom. The van der Waals surface area contributed by atoms with Gasteiger partial charge in [-0.25, -0.2) is 0 Å². The van der Waals surface area contributed by atoms with Gasteiger partial charge in [0.25, 0.3) is 5.91 Å². The molecule has 0 saturated carbocycles. The third-order valence-electron chi connectivity index (χ3n) is 4.34. The van der Waals surface area contributed by atoms with E-state index in [0.717, 1.165) is 16.1 Å². The first-order chi connectivity index (χ1) is 14.1. The first-order valence-electron chi connectivity index (χ1n) is 8.95. The van der Waals surface area contributed by atoms with Gasteiger partial charge in [0.15, 0.2) is 0 Å². The van der Waals surface area contributed by atoms with E-state index in [1.54, 1.807) is 30.5 Å². The second kappa shape index (κ2) is 8.59. The summed E-state index contributed by atoms with van der Waals surface area (Å²) in [4.78, 5) is 28.6. The average Bonchev–Trinajstić information content (AvgIpc) is 3.25. The lowest BCUT2D eigenvalue weighted by Crippen LogP contribution is -2.42. The maximum Gasteiger partial charge on any atom is 0.265 e. The van der Waals surface area contributed by atoms with Crippen molar-refractivity contribution in [1.29, 1.82) is 0 Å². The molecule has 0 radical (unpaired) electrons. The van der Waals surface area contributed by atoms with E-state index in [1.807, 2.05) is 42.5 Å².